The van der Waals surface area contributed by atoms with E-state index in [1.165, 1.54) is 17.7 Å². The van der Waals surface area contributed by atoms with Crippen molar-refractivity contribution in [1.82, 2.24) is 14.7 Å². The van der Waals surface area contributed by atoms with E-state index in [1.807, 2.05) is 11.0 Å². The lowest BCUT2D eigenvalue weighted by Gasteiger charge is -2.34. The lowest BCUT2D eigenvalue weighted by Crippen LogP contribution is -2.47. The first kappa shape index (κ1) is 22.6. The highest BCUT2D eigenvalue weighted by atomic mass is 19.4. The fourth-order valence-electron chi connectivity index (χ4n) is 4.32. The molecule has 4 rings (SSSR count). The molecule has 2 aromatic carbocycles. The van der Waals surface area contributed by atoms with Gasteiger partial charge in [-0.1, -0.05) is 24.3 Å². The molecular formula is C24H28F3N3O2. The van der Waals surface area contributed by atoms with Crippen molar-refractivity contribution in [3.8, 4) is 5.75 Å². The lowest BCUT2D eigenvalue weighted by molar-refractivity contribution is -0.137. The number of alkyl halides is 3. The maximum absolute atomic E-state index is 13.0. The molecule has 0 aromatic heterocycles. The monoisotopic (exact) mass is 447 g/mol. The number of hydrogen-bond donors (Lipinski definition) is 0. The quantitative estimate of drug-likeness (QED) is 0.715. The summed E-state index contributed by atoms with van der Waals surface area (Å²) < 4.78 is 45.0. The van der Waals surface area contributed by atoms with Crippen LogP contribution in [0.25, 0.3) is 0 Å². The predicted octanol–water partition coefficient (Wildman–Crippen LogP) is 3.76. The highest BCUT2D eigenvalue weighted by Gasteiger charge is 2.30. The SMILES string of the molecule is CC(=O)N1CCN(Cc2ccc3c(c2)CN(Cc2cccc(C(F)(F)F)c2)CCO3)CC1. The molecule has 172 valence electrons. The number of carbonyl (C=O) groups excluding carboxylic acids is 1. The second kappa shape index (κ2) is 9.50. The van der Waals surface area contributed by atoms with E-state index < -0.39 is 11.7 Å². The minimum Gasteiger partial charge on any atom is -0.492 e. The molecule has 1 saturated heterocycles. The standard InChI is InChI=1S/C24H28F3N3O2/c1-18(31)30-9-7-28(8-10-30)15-20-5-6-23-21(13-20)17-29(11-12-32-23)16-19-3-2-4-22(14-19)24(25,26)27/h2-6,13-14H,7-12,15-17H2,1H3. The van der Waals surface area contributed by atoms with Gasteiger partial charge in [0.2, 0.25) is 5.91 Å². The molecular weight excluding hydrogens is 419 g/mol. The number of amides is 1. The molecule has 2 heterocycles. The van der Waals surface area contributed by atoms with Gasteiger partial charge in [0.1, 0.15) is 12.4 Å². The number of carbonyl (C=O) groups is 1. The van der Waals surface area contributed by atoms with Crippen molar-refractivity contribution < 1.29 is 22.7 Å². The van der Waals surface area contributed by atoms with Gasteiger partial charge >= 0.3 is 6.18 Å². The maximum Gasteiger partial charge on any atom is 0.416 e. The van der Waals surface area contributed by atoms with E-state index in [1.54, 1.807) is 13.0 Å². The highest BCUT2D eigenvalue weighted by molar-refractivity contribution is 5.73. The van der Waals surface area contributed by atoms with E-state index in [9.17, 15) is 18.0 Å². The average Bonchev–Trinajstić information content (AvgIpc) is 2.95. The topological polar surface area (TPSA) is 36.0 Å². The molecule has 1 fully saturated rings. The van der Waals surface area contributed by atoms with Gasteiger partial charge in [-0.15, -0.1) is 0 Å². The van der Waals surface area contributed by atoms with E-state index in [-0.39, 0.29) is 5.91 Å². The number of piperazine rings is 1. The van der Waals surface area contributed by atoms with Gasteiger partial charge in [-0.05, 0) is 29.3 Å². The molecule has 0 unspecified atom stereocenters. The summed E-state index contributed by atoms with van der Waals surface area (Å²) in [7, 11) is 0. The van der Waals surface area contributed by atoms with Gasteiger partial charge in [-0.2, -0.15) is 13.2 Å². The van der Waals surface area contributed by atoms with Gasteiger partial charge in [-0.25, -0.2) is 0 Å². The molecule has 0 bridgehead atoms. The molecule has 5 nitrogen and oxygen atoms in total. The number of fused-ring (bicyclic) bond motifs is 1. The summed E-state index contributed by atoms with van der Waals surface area (Å²) in [6, 6.07) is 11.7. The van der Waals surface area contributed by atoms with Crippen molar-refractivity contribution in [3.05, 3.63) is 64.7 Å². The first-order valence-electron chi connectivity index (χ1n) is 10.9. The Bertz CT molecular complexity index is 956. The zero-order chi connectivity index (χ0) is 22.7. The molecule has 1 amide bonds. The van der Waals surface area contributed by atoms with Crippen LogP contribution < -0.4 is 4.74 Å². The second-order valence-electron chi connectivity index (χ2n) is 8.48. The van der Waals surface area contributed by atoms with Crippen LogP contribution in [-0.2, 0) is 30.6 Å². The van der Waals surface area contributed by atoms with E-state index in [4.69, 9.17) is 4.74 Å². The van der Waals surface area contributed by atoms with Gasteiger partial charge in [0.15, 0.2) is 0 Å². The molecule has 0 atom stereocenters. The smallest absolute Gasteiger partial charge is 0.416 e. The van der Waals surface area contributed by atoms with Crippen LogP contribution in [0.3, 0.4) is 0 Å². The molecule has 0 radical (unpaired) electrons. The van der Waals surface area contributed by atoms with E-state index in [0.717, 1.165) is 50.1 Å². The molecule has 0 N–H and O–H groups in total. The first-order chi connectivity index (χ1) is 15.3. The molecule has 32 heavy (non-hydrogen) atoms. The van der Waals surface area contributed by atoms with Crippen LogP contribution in [0.4, 0.5) is 13.2 Å². The van der Waals surface area contributed by atoms with Gasteiger partial charge in [0.05, 0.1) is 5.56 Å². The highest BCUT2D eigenvalue weighted by Crippen LogP contribution is 2.30. The molecule has 2 aliphatic rings. The fraction of sp³-hybridized carbons (Fsp3) is 0.458. The Hall–Kier alpha value is -2.58. The van der Waals surface area contributed by atoms with Crippen molar-refractivity contribution in [1.29, 1.82) is 0 Å². The van der Waals surface area contributed by atoms with Gasteiger partial charge in [-0.3, -0.25) is 14.6 Å². The number of nitrogens with zero attached hydrogens (tertiary/aromatic N) is 3. The van der Waals surface area contributed by atoms with Crippen LogP contribution in [0, 0.1) is 0 Å². The zero-order valence-corrected chi connectivity index (χ0v) is 18.2. The van der Waals surface area contributed by atoms with Crippen LogP contribution in [0.5, 0.6) is 5.75 Å². The molecule has 0 spiro atoms. The van der Waals surface area contributed by atoms with Gasteiger partial charge in [0, 0.05) is 64.8 Å². The third-order valence-corrected chi connectivity index (χ3v) is 6.07. The van der Waals surface area contributed by atoms with Crippen LogP contribution in [0.1, 0.15) is 29.2 Å². The van der Waals surface area contributed by atoms with Gasteiger partial charge in [0.25, 0.3) is 0 Å². The van der Waals surface area contributed by atoms with Gasteiger partial charge < -0.3 is 9.64 Å². The molecule has 2 aromatic rings. The van der Waals surface area contributed by atoms with Crippen LogP contribution in [0.2, 0.25) is 0 Å². The van der Waals surface area contributed by atoms with E-state index >= 15 is 0 Å². The normalized spacial score (nSPS) is 18.1. The third kappa shape index (κ3) is 5.61. The van der Waals surface area contributed by atoms with Crippen molar-refractivity contribution in [3.63, 3.8) is 0 Å². The van der Waals surface area contributed by atoms with Crippen molar-refractivity contribution >= 4 is 5.91 Å². The largest absolute Gasteiger partial charge is 0.492 e. The third-order valence-electron chi connectivity index (χ3n) is 6.07. The minimum atomic E-state index is -4.34. The Labute approximate surface area is 186 Å². The second-order valence-corrected chi connectivity index (χ2v) is 8.48. The van der Waals surface area contributed by atoms with Crippen LogP contribution >= 0.6 is 0 Å². The minimum absolute atomic E-state index is 0.118. The number of hydrogen-bond acceptors (Lipinski definition) is 4. The summed E-state index contributed by atoms with van der Waals surface area (Å²) in [6.45, 7) is 7.78. The number of ether oxygens (including phenoxy) is 1. The lowest BCUT2D eigenvalue weighted by atomic mass is 10.1. The first-order valence-corrected chi connectivity index (χ1v) is 10.9. The summed E-state index contributed by atoms with van der Waals surface area (Å²) >= 11 is 0. The average molecular weight is 448 g/mol. The summed E-state index contributed by atoms with van der Waals surface area (Å²) in [5, 5.41) is 0. The van der Waals surface area contributed by atoms with Crippen molar-refractivity contribution in [2.45, 2.75) is 32.7 Å². The van der Waals surface area contributed by atoms with Crippen molar-refractivity contribution in [2.24, 2.45) is 0 Å². The molecule has 2 aliphatic heterocycles. The summed E-state index contributed by atoms with van der Waals surface area (Å²) in [5.41, 5.74) is 2.25. The Morgan fingerprint density at radius 2 is 1.66 bits per heavy atom. The Kier molecular flexibility index (Phi) is 6.71. The van der Waals surface area contributed by atoms with Crippen molar-refractivity contribution in [2.75, 3.05) is 39.3 Å². The fourth-order valence-corrected chi connectivity index (χ4v) is 4.32. The van der Waals surface area contributed by atoms with Crippen LogP contribution in [0.15, 0.2) is 42.5 Å². The Morgan fingerprint density at radius 1 is 0.938 bits per heavy atom. The number of halogens is 3. The summed E-state index contributed by atoms with van der Waals surface area (Å²) in [5.74, 6) is 0.953. The molecule has 8 heteroatoms. The zero-order valence-electron chi connectivity index (χ0n) is 18.2. The number of rotatable bonds is 4. The van der Waals surface area contributed by atoms with Crippen LogP contribution in [-0.4, -0.2) is 59.9 Å². The Morgan fingerprint density at radius 3 is 2.38 bits per heavy atom. The molecule has 0 saturated carbocycles. The Balaban J connectivity index is 1.42. The van der Waals surface area contributed by atoms with E-state index in [0.29, 0.717) is 31.8 Å². The van der Waals surface area contributed by atoms with E-state index in [2.05, 4.69) is 21.9 Å². The predicted molar refractivity (Wildman–Crippen MR) is 115 cm³/mol. The maximum atomic E-state index is 13.0. The summed E-state index contributed by atoms with van der Waals surface area (Å²) in [6.07, 6.45) is -4.34. The summed E-state index contributed by atoms with van der Waals surface area (Å²) in [4.78, 5) is 17.8. The molecule has 0 aliphatic carbocycles. The number of benzene rings is 2.